The zero-order valence-electron chi connectivity index (χ0n) is 10.6. The quantitative estimate of drug-likeness (QED) is 0.797. The summed E-state index contributed by atoms with van der Waals surface area (Å²) in [6.45, 7) is 2.37. The van der Waals surface area contributed by atoms with Gasteiger partial charge in [-0.3, -0.25) is 4.79 Å². The van der Waals surface area contributed by atoms with Gasteiger partial charge in [0, 0.05) is 18.6 Å². The summed E-state index contributed by atoms with van der Waals surface area (Å²) in [6.07, 6.45) is 2.59. The Bertz CT molecular complexity index is 331. The van der Waals surface area contributed by atoms with Crippen LogP contribution in [0.4, 0.5) is 4.79 Å². The first-order valence-electron chi connectivity index (χ1n) is 6.47. The van der Waals surface area contributed by atoms with Crippen LogP contribution < -0.4 is 5.32 Å². The standard InChI is InChI=1S/C12H20N2O3S/c1-8-10(11(15)16)2-5-14(8)12(17)13-9-3-6-18-7-4-9/h8-10H,2-7H2,1H3,(H,13,17)(H,15,16). The Balaban J connectivity index is 1.87. The average molecular weight is 272 g/mol. The number of nitrogens with one attached hydrogen (secondary N) is 1. The van der Waals surface area contributed by atoms with Gasteiger partial charge in [0.05, 0.1) is 5.92 Å². The highest BCUT2D eigenvalue weighted by atomic mass is 32.2. The van der Waals surface area contributed by atoms with E-state index in [1.807, 2.05) is 18.7 Å². The fraction of sp³-hybridized carbons (Fsp3) is 0.833. The minimum Gasteiger partial charge on any atom is -0.481 e. The molecule has 18 heavy (non-hydrogen) atoms. The van der Waals surface area contributed by atoms with Gasteiger partial charge in [-0.2, -0.15) is 11.8 Å². The largest absolute Gasteiger partial charge is 0.481 e. The Labute approximate surface area is 111 Å². The van der Waals surface area contributed by atoms with E-state index in [2.05, 4.69) is 5.32 Å². The predicted molar refractivity (Wildman–Crippen MR) is 70.8 cm³/mol. The maximum atomic E-state index is 12.1. The summed E-state index contributed by atoms with van der Waals surface area (Å²) in [4.78, 5) is 24.8. The SMILES string of the molecule is CC1C(C(=O)O)CCN1C(=O)NC1CCSCC1. The molecule has 0 saturated carbocycles. The number of hydrogen-bond donors (Lipinski definition) is 2. The zero-order valence-corrected chi connectivity index (χ0v) is 11.4. The second kappa shape index (κ2) is 5.82. The molecule has 2 saturated heterocycles. The third kappa shape index (κ3) is 2.91. The maximum Gasteiger partial charge on any atom is 0.317 e. The number of urea groups is 1. The van der Waals surface area contributed by atoms with E-state index in [9.17, 15) is 9.59 Å². The lowest BCUT2D eigenvalue weighted by Gasteiger charge is -2.28. The molecular weight excluding hydrogens is 252 g/mol. The molecule has 2 N–H and O–H groups in total. The lowest BCUT2D eigenvalue weighted by molar-refractivity contribution is -0.142. The molecule has 0 radical (unpaired) electrons. The molecule has 0 aromatic heterocycles. The van der Waals surface area contributed by atoms with Crippen LogP contribution in [-0.2, 0) is 4.79 Å². The summed E-state index contributed by atoms with van der Waals surface area (Å²) in [5.74, 6) is 0.973. The number of thioether (sulfide) groups is 1. The monoisotopic (exact) mass is 272 g/mol. The van der Waals surface area contributed by atoms with Gasteiger partial charge in [-0.05, 0) is 37.7 Å². The van der Waals surface area contributed by atoms with Crippen molar-refractivity contribution in [3.05, 3.63) is 0 Å². The molecule has 2 fully saturated rings. The van der Waals surface area contributed by atoms with Gasteiger partial charge in [-0.1, -0.05) is 0 Å². The summed E-state index contributed by atoms with van der Waals surface area (Å²) in [5.41, 5.74) is 0. The molecule has 0 spiro atoms. The summed E-state index contributed by atoms with van der Waals surface area (Å²) in [6, 6.07) is -0.0431. The lowest BCUT2D eigenvalue weighted by Crippen LogP contribution is -2.48. The van der Waals surface area contributed by atoms with Crippen LogP contribution in [0.25, 0.3) is 0 Å². The van der Waals surface area contributed by atoms with Crippen LogP contribution in [-0.4, -0.2) is 52.1 Å². The van der Waals surface area contributed by atoms with Crippen molar-refractivity contribution in [2.45, 2.75) is 38.3 Å². The second-order valence-electron chi connectivity index (χ2n) is 5.00. The predicted octanol–water partition coefficient (Wildman–Crippen LogP) is 1.39. The number of carboxylic acid groups (broad SMARTS) is 1. The molecule has 2 aliphatic rings. The maximum absolute atomic E-state index is 12.1. The molecule has 102 valence electrons. The first kappa shape index (κ1) is 13.5. The number of likely N-dealkylation sites (tertiary alicyclic amines) is 1. The first-order chi connectivity index (χ1) is 8.59. The highest BCUT2D eigenvalue weighted by Crippen LogP contribution is 2.25. The Morgan fingerprint density at radius 3 is 2.50 bits per heavy atom. The molecule has 2 amide bonds. The summed E-state index contributed by atoms with van der Waals surface area (Å²) >= 11 is 1.92. The molecule has 6 heteroatoms. The van der Waals surface area contributed by atoms with E-state index >= 15 is 0 Å². The summed E-state index contributed by atoms with van der Waals surface area (Å²) in [5, 5.41) is 12.1. The van der Waals surface area contributed by atoms with E-state index < -0.39 is 11.9 Å². The third-order valence-corrected chi connectivity index (χ3v) is 4.93. The van der Waals surface area contributed by atoms with Gasteiger partial charge >= 0.3 is 12.0 Å². The molecule has 2 rings (SSSR count). The number of carbonyl (C=O) groups excluding carboxylic acids is 1. The fourth-order valence-electron chi connectivity index (χ4n) is 2.66. The van der Waals surface area contributed by atoms with Crippen molar-refractivity contribution >= 4 is 23.8 Å². The summed E-state index contributed by atoms with van der Waals surface area (Å²) < 4.78 is 0. The van der Waals surface area contributed by atoms with E-state index in [0.29, 0.717) is 13.0 Å². The van der Waals surface area contributed by atoms with E-state index in [4.69, 9.17) is 5.11 Å². The number of carboxylic acids is 1. The molecule has 0 bridgehead atoms. The van der Waals surface area contributed by atoms with Gasteiger partial charge in [0.25, 0.3) is 0 Å². The number of nitrogens with zero attached hydrogens (tertiary/aromatic N) is 1. The van der Waals surface area contributed by atoms with Crippen molar-refractivity contribution < 1.29 is 14.7 Å². The Morgan fingerprint density at radius 1 is 1.28 bits per heavy atom. The molecule has 0 aromatic rings. The van der Waals surface area contributed by atoms with Gasteiger partial charge in [0.15, 0.2) is 0 Å². The van der Waals surface area contributed by atoms with Crippen molar-refractivity contribution in [3.8, 4) is 0 Å². The van der Waals surface area contributed by atoms with Gasteiger partial charge in [-0.15, -0.1) is 0 Å². The average Bonchev–Trinajstić information content (AvgIpc) is 2.72. The van der Waals surface area contributed by atoms with E-state index in [0.717, 1.165) is 24.3 Å². The van der Waals surface area contributed by atoms with Crippen LogP contribution >= 0.6 is 11.8 Å². The van der Waals surface area contributed by atoms with Crippen molar-refractivity contribution in [3.63, 3.8) is 0 Å². The summed E-state index contributed by atoms with van der Waals surface area (Å²) in [7, 11) is 0. The smallest absolute Gasteiger partial charge is 0.317 e. The van der Waals surface area contributed by atoms with Crippen LogP contribution in [0.1, 0.15) is 26.2 Å². The normalized spacial score (nSPS) is 29.3. The van der Waals surface area contributed by atoms with Crippen molar-refractivity contribution in [1.29, 1.82) is 0 Å². The highest BCUT2D eigenvalue weighted by molar-refractivity contribution is 7.99. The van der Waals surface area contributed by atoms with Gasteiger partial charge in [-0.25, -0.2) is 4.79 Å². The van der Waals surface area contributed by atoms with Crippen molar-refractivity contribution in [1.82, 2.24) is 10.2 Å². The van der Waals surface area contributed by atoms with Crippen LogP contribution in [0.15, 0.2) is 0 Å². The van der Waals surface area contributed by atoms with Crippen molar-refractivity contribution in [2.75, 3.05) is 18.1 Å². The minimum absolute atomic E-state index is 0.0943. The van der Waals surface area contributed by atoms with E-state index in [-0.39, 0.29) is 18.1 Å². The Hall–Kier alpha value is -0.910. The lowest BCUT2D eigenvalue weighted by atomic mass is 10.0. The number of amides is 2. The molecule has 0 aliphatic carbocycles. The zero-order chi connectivity index (χ0) is 13.1. The molecule has 2 aliphatic heterocycles. The molecule has 0 aromatic carbocycles. The number of carbonyl (C=O) groups is 2. The molecular formula is C12H20N2O3S. The van der Waals surface area contributed by atoms with E-state index in [1.54, 1.807) is 4.90 Å². The third-order valence-electron chi connectivity index (χ3n) is 3.88. The van der Waals surface area contributed by atoms with Gasteiger partial charge in [0.1, 0.15) is 0 Å². The number of aliphatic carboxylic acids is 1. The minimum atomic E-state index is -0.799. The molecule has 2 heterocycles. The number of hydrogen-bond acceptors (Lipinski definition) is 3. The number of rotatable bonds is 2. The highest BCUT2D eigenvalue weighted by Gasteiger charge is 2.38. The molecule has 5 nitrogen and oxygen atoms in total. The van der Waals surface area contributed by atoms with Gasteiger partial charge in [0.2, 0.25) is 0 Å². The fourth-order valence-corrected chi connectivity index (χ4v) is 3.76. The molecule has 2 unspecified atom stereocenters. The first-order valence-corrected chi connectivity index (χ1v) is 7.62. The second-order valence-corrected chi connectivity index (χ2v) is 6.23. The van der Waals surface area contributed by atoms with Crippen LogP contribution in [0, 0.1) is 5.92 Å². The van der Waals surface area contributed by atoms with E-state index in [1.165, 1.54) is 0 Å². The van der Waals surface area contributed by atoms with Crippen LogP contribution in [0.5, 0.6) is 0 Å². The Kier molecular flexibility index (Phi) is 4.37. The van der Waals surface area contributed by atoms with Gasteiger partial charge < -0.3 is 15.3 Å². The Morgan fingerprint density at radius 2 is 1.94 bits per heavy atom. The van der Waals surface area contributed by atoms with Crippen LogP contribution in [0.3, 0.4) is 0 Å². The topological polar surface area (TPSA) is 69.6 Å². The molecule has 2 atom stereocenters. The van der Waals surface area contributed by atoms with Crippen LogP contribution in [0.2, 0.25) is 0 Å². The van der Waals surface area contributed by atoms with Crippen molar-refractivity contribution in [2.24, 2.45) is 5.92 Å².